The minimum Gasteiger partial charge on any atom is -0.481 e. The number of carboxylic acids is 1. The summed E-state index contributed by atoms with van der Waals surface area (Å²) in [5.41, 5.74) is 0.729. The number of halogens is 1. The van der Waals surface area contributed by atoms with E-state index in [0.29, 0.717) is 29.6 Å². The number of carbonyl (C=O) groups is 2. The summed E-state index contributed by atoms with van der Waals surface area (Å²) in [5.74, 6) is -0.347. The number of aromatic nitrogens is 2. The smallest absolute Gasteiger partial charge is 0.303 e. The first-order valence-corrected chi connectivity index (χ1v) is 7.49. The number of nitrogens with zero attached hydrogens (tertiary/aromatic N) is 2. The number of aliphatic carboxylic acids is 1. The lowest BCUT2D eigenvalue weighted by molar-refractivity contribution is -0.137. The van der Waals surface area contributed by atoms with Crippen molar-refractivity contribution in [1.29, 1.82) is 0 Å². The van der Waals surface area contributed by atoms with Gasteiger partial charge in [-0.1, -0.05) is 28.9 Å². The molecule has 7 nitrogen and oxygen atoms in total. The van der Waals surface area contributed by atoms with Gasteiger partial charge in [-0.15, -0.1) is 0 Å². The van der Waals surface area contributed by atoms with Crippen LogP contribution < -0.4 is 5.32 Å². The Bertz CT molecular complexity index is 687. The van der Waals surface area contributed by atoms with E-state index in [4.69, 9.17) is 21.2 Å². The third-order valence-corrected chi connectivity index (χ3v) is 3.27. The van der Waals surface area contributed by atoms with E-state index >= 15 is 0 Å². The highest BCUT2D eigenvalue weighted by Crippen LogP contribution is 2.19. The minimum absolute atomic E-state index is 0.0694. The fourth-order valence-electron chi connectivity index (χ4n) is 1.90. The van der Waals surface area contributed by atoms with Crippen LogP contribution in [0.4, 0.5) is 0 Å². The van der Waals surface area contributed by atoms with Crippen LogP contribution in [0.15, 0.2) is 28.8 Å². The number of hydrogen-bond acceptors (Lipinski definition) is 5. The molecular formula is C15H16ClN3O4. The molecule has 0 unspecified atom stereocenters. The molecule has 2 N–H and O–H groups in total. The molecular weight excluding hydrogens is 322 g/mol. The summed E-state index contributed by atoms with van der Waals surface area (Å²) in [4.78, 5) is 26.2. The fourth-order valence-corrected chi connectivity index (χ4v) is 2.09. The van der Waals surface area contributed by atoms with E-state index in [1.165, 1.54) is 0 Å². The normalized spacial score (nSPS) is 10.5. The van der Waals surface area contributed by atoms with Crippen LogP contribution in [0.2, 0.25) is 5.02 Å². The molecule has 23 heavy (non-hydrogen) atoms. The SMILES string of the molecule is O=C(O)CCCCC(=O)NCc1nc(-c2cccc(Cl)c2)no1. The van der Waals surface area contributed by atoms with Gasteiger partial charge in [0.25, 0.3) is 0 Å². The Hall–Kier alpha value is -2.41. The van der Waals surface area contributed by atoms with Gasteiger partial charge in [0.1, 0.15) is 0 Å². The van der Waals surface area contributed by atoms with Crippen LogP contribution in [0.3, 0.4) is 0 Å². The van der Waals surface area contributed by atoms with E-state index in [9.17, 15) is 9.59 Å². The zero-order valence-corrected chi connectivity index (χ0v) is 13.0. The molecule has 2 aromatic rings. The molecule has 1 heterocycles. The summed E-state index contributed by atoms with van der Waals surface area (Å²) in [6.07, 6.45) is 1.33. The van der Waals surface area contributed by atoms with Crippen LogP contribution in [0.5, 0.6) is 0 Å². The van der Waals surface area contributed by atoms with Crippen molar-refractivity contribution in [3.63, 3.8) is 0 Å². The first-order chi connectivity index (χ1) is 11.0. The van der Waals surface area contributed by atoms with Crippen LogP contribution in [0.1, 0.15) is 31.6 Å². The van der Waals surface area contributed by atoms with Crippen molar-refractivity contribution in [2.24, 2.45) is 0 Å². The molecule has 1 amide bonds. The lowest BCUT2D eigenvalue weighted by Crippen LogP contribution is -2.22. The summed E-state index contributed by atoms with van der Waals surface area (Å²) in [6.45, 7) is 0.130. The summed E-state index contributed by atoms with van der Waals surface area (Å²) in [6, 6.07) is 7.06. The van der Waals surface area contributed by atoms with Crippen LogP contribution in [-0.4, -0.2) is 27.1 Å². The van der Waals surface area contributed by atoms with Crippen molar-refractivity contribution in [3.05, 3.63) is 35.2 Å². The Morgan fingerprint density at radius 3 is 2.78 bits per heavy atom. The number of carboxylic acid groups (broad SMARTS) is 1. The highest BCUT2D eigenvalue weighted by molar-refractivity contribution is 6.30. The van der Waals surface area contributed by atoms with Crippen LogP contribution in [-0.2, 0) is 16.1 Å². The molecule has 1 aromatic heterocycles. The quantitative estimate of drug-likeness (QED) is 0.717. The molecule has 0 aliphatic heterocycles. The molecule has 0 saturated heterocycles. The maximum atomic E-state index is 11.6. The van der Waals surface area contributed by atoms with E-state index in [2.05, 4.69) is 15.5 Å². The Labute approximate surface area is 137 Å². The molecule has 0 saturated carbocycles. The Morgan fingerprint density at radius 2 is 2.04 bits per heavy atom. The van der Waals surface area contributed by atoms with E-state index in [1.807, 2.05) is 6.07 Å². The molecule has 8 heteroatoms. The molecule has 0 aliphatic carbocycles. The van der Waals surface area contributed by atoms with Gasteiger partial charge in [-0.25, -0.2) is 0 Å². The van der Waals surface area contributed by atoms with Crippen molar-refractivity contribution >= 4 is 23.5 Å². The largest absolute Gasteiger partial charge is 0.481 e. The van der Waals surface area contributed by atoms with E-state index in [0.717, 1.165) is 5.56 Å². The first kappa shape index (κ1) is 17.0. The number of unbranched alkanes of at least 4 members (excludes halogenated alkanes) is 1. The zero-order chi connectivity index (χ0) is 16.7. The maximum Gasteiger partial charge on any atom is 0.303 e. The van der Waals surface area contributed by atoms with Gasteiger partial charge < -0.3 is 14.9 Å². The van der Waals surface area contributed by atoms with Crippen molar-refractivity contribution in [2.45, 2.75) is 32.2 Å². The lowest BCUT2D eigenvalue weighted by atomic mass is 10.2. The number of amides is 1. The third kappa shape index (κ3) is 5.71. The summed E-state index contributed by atoms with van der Waals surface area (Å²) < 4.78 is 5.07. The fraction of sp³-hybridized carbons (Fsp3) is 0.333. The third-order valence-electron chi connectivity index (χ3n) is 3.03. The Morgan fingerprint density at radius 1 is 1.26 bits per heavy atom. The van der Waals surface area contributed by atoms with Crippen LogP contribution in [0.25, 0.3) is 11.4 Å². The molecule has 0 radical (unpaired) electrons. The van der Waals surface area contributed by atoms with Crippen molar-refractivity contribution in [1.82, 2.24) is 15.5 Å². The Balaban J connectivity index is 1.78. The van der Waals surface area contributed by atoms with Gasteiger partial charge in [0.2, 0.25) is 17.6 Å². The number of nitrogens with one attached hydrogen (secondary N) is 1. The second kappa shape index (κ2) is 8.28. The average Bonchev–Trinajstić information content (AvgIpc) is 2.98. The van der Waals surface area contributed by atoms with Crippen molar-refractivity contribution in [2.75, 3.05) is 0 Å². The van der Waals surface area contributed by atoms with E-state index < -0.39 is 5.97 Å². The average molecular weight is 338 g/mol. The predicted octanol–water partition coefficient (Wildman–Crippen LogP) is 2.65. The number of carbonyl (C=O) groups excluding carboxylic acids is 1. The molecule has 0 bridgehead atoms. The standard InChI is InChI=1S/C15H16ClN3O4/c16-11-5-3-4-10(8-11)15-18-13(23-19-15)9-17-12(20)6-1-2-7-14(21)22/h3-5,8H,1-2,6-7,9H2,(H,17,20)(H,21,22). The molecule has 0 atom stereocenters. The van der Waals surface area contributed by atoms with Gasteiger partial charge in [-0.3, -0.25) is 9.59 Å². The van der Waals surface area contributed by atoms with Crippen LogP contribution >= 0.6 is 11.6 Å². The topological polar surface area (TPSA) is 105 Å². The molecule has 1 aromatic carbocycles. The minimum atomic E-state index is -0.857. The molecule has 0 aliphatic rings. The van der Waals surface area contributed by atoms with Crippen molar-refractivity contribution < 1.29 is 19.2 Å². The Kier molecular flexibility index (Phi) is 6.10. The van der Waals surface area contributed by atoms with Gasteiger partial charge in [0, 0.05) is 23.4 Å². The summed E-state index contributed by atoms with van der Waals surface area (Å²) in [5, 5.41) is 15.6. The lowest BCUT2D eigenvalue weighted by Gasteiger charge is -2.01. The maximum absolute atomic E-state index is 11.6. The highest BCUT2D eigenvalue weighted by atomic mass is 35.5. The van der Waals surface area contributed by atoms with E-state index in [1.54, 1.807) is 18.2 Å². The second-order valence-corrected chi connectivity index (χ2v) is 5.34. The molecule has 122 valence electrons. The van der Waals surface area contributed by atoms with Gasteiger partial charge in [-0.2, -0.15) is 4.98 Å². The molecule has 2 rings (SSSR count). The number of hydrogen-bond donors (Lipinski definition) is 2. The number of benzene rings is 1. The van der Waals surface area contributed by atoms with Gasteiger partial charge in [0.05, 0.1) is 6.54 Å². The monoisotopic (exact) mass is 337 g/mol. The van der Waals surface area contributed by atoms with Gasteiger partial charge >= 0.3 is 5.97 Å². The van der Waals surface area contributed by atoms with E-state index in [-0.39, 0.29) is 25.3 Å². The zero-order valence-electron chi connectivity index (χ0n) is 12.3. The molecule has 0 spiro atoms. The second-order valence-electron chi connectivity index (χ2n) is 4.90. The predicted molar refractivity (Wildman–Crippen MR) is 82.7 cm³/mol. The number of rotatable bonds is 8. The van der Waals surface area contributed by atoms with Gasteiger partial charge in [0.15, 0.2) is 0 Å². The van der Waals surface area contributed by atoms with Gasteiger partial charge in [-0.05, 0) is 25.0 Å². The van der Waals surface area contributed by atoms with Crippen molar-refractivity contribution in [3.8, 4) is 11.4 Å². The summed E-state index contributed by atoms with van der Waals surface area (Å²) >= 11 is 5.90. The molecule has 0 fully saturated rings. The van der Waals surface area contributed by atoms with Crippen LogP contribution in [0, 0.1) is 0 Å². The highest BCUT2D eigenvalue weighted by Gasteiger charge is 2.10. The first-order valence-electron chi connectivity index (χ1n) is 7.11. The summed E-state index contributed by atoms with van der Waals surface area (Å²) in [7, 11) is 0.